The van der Waals surface area contributed by atoms with Gasteiger partial charge in [0.1, 0.15) is 5.75 Å². The first-order valence-electron chi connectivity index (χ1n) is 7.27. The molecule has 0 radical (unpaired) electrons. The van der Waals surface area contributed by atoms with Gasteiger partial charge in [0, 0.05) is 11.8 Å². The van der Waals surface area contributed by atoms with Gasteiger partial charge in [0.2, 0.25) is 0 Å². The summed E-state index contributed by atoms with van der Waals surface area (Å²) in [5.74, 6) is 0.877. The molecule has 1 N–H and O–H groups in total. The van der Waals surface area contributed by atoms with Crippen molar-refractivity contribution in [1.29, 1.82) is 0 Å². The molecule has 0 aromatic carbocycles. The highest BCUT2D eigenvalue weighted by Crippen LogP contribution is 2.34. The van der Waals surface area contributed by atoms with Gasteiger partial charge in [-0.3, -0.25) is 4.98 Å². The van der Waals surface area contributed by atoms with Crippen LogP contribution in [0, 0.1) is 0 Å². The SMILES string of the molecule is CCCNC(C1=CCCCC1)c1ccncc1OC. The summed E-state index contributed by atoms with van der Waals surface area (Å²) in [6, 6.07) is 2.35. The fourth-order valence-electron chi connectivity index (χ4n) is 2.65. The van der Waals surface area contributed by atoms with E-state index in [2.05, 4.69) is 29.4 Å². The molecule has 2 rings (SSSR count). The van der Waals surface area contributed by atoms with Crippen molar-refractivity contribution in [3.8, 4) is 5.75 Å². The average molecular weight is 260 g/mol. The number of hydrogen-bond acceptors (Lipinski definition) is 3. The quantitative estimate of drug-likeness (QED) is 0.793. The molecule has 1 heterocycles. The van der Waals surface area contributed by atoms with E-state index in [-0.39, 0.29) is 6.04 Å². The summed E-state index contributed by atoms with van der Waals surface area (Å²) in [7, 11) is 1.71. The fourth-order valence-corrected chi connectivity index (χ4v) is 2.65. The Morgan fingerprint density at radius 1 is 1.42 bits per heavy atom. The van der Waals surface area contributed by atoms with Crippen LogP contribution in [0.5, 0.6) is 5.75 Å². The van der Waals surface area contributed by atoms with Gasteiger partial charge >= 0.3 is 0 Å². The van der Waals surface area contributed by atoms with Gasteiger partial charge in [-0.1, -0.05) is 18.6 Å². The van der Waals surface area contributed by atoms with Gasteiger partial charge in [-0.05, 0) is 44.7 Å². The molecule has 3 nitrogen and oxygen atoms in total. The van der Waals surface area contributed by atoms with Crippen LogP contribution in [0.4, 0.5) is 0 Å². The first-order valence-corrected chi connectivity index (χ1v) is 7.27. The smallest absolute Gasteiger partial charge is 0.142 e. The van der Waals surface area contributed by atoms with Gasteiger partial charge in [-0.25, -0.2) is 0 Å². The van der Waals surface area contributed by atoms with Crippen molar-refractivity contribution in [2.45, 2.75) is 45.1 Å². The van der Waals surface area contributed by atoms with Gasteiger partial charge in [0.25, 0.3) is 0 Å². The van der Waals surface area contributed by atoms with E-state index in [9.17, 15) is 0 Å². The predicted molar refractivity (Wildman–Crippen MR) is 78.4 cm³/mol. The summed E-state index contributed by atoms with van der Waals surface area (Å²) in [4.78, 5) is 4.15. The van der Waals surface area contributed by atoms with E-state index in [1.807, 2.05) is 6.20 Å². The number of allylic oxidation sites excluding steroid dienone is 1. The average Bonchev–Trinajstić information content (AvgIpc) is 2.49. The molecule has 0 spiro atoms. The first kappa shape index (κ1) is 14.1. The lowest BCUT2D eigenvalue weighted by molar-refractivity contribution is 0.400. The number of nitrogens with zero attached hydrogens (tertiary/aromatic N) is 1. The zero-order valence-electron chi connectivity index (χ0n) is 12.0. The Morgan fingerprint density at radius 2 is 2.32 bits per heavy atom. The molecule has 0 aliphatic heterocycles. The molecule has 0 saturated heterocycles. The molecule has 3 heteroatoms. The Balaban J connectivity index is 2.27. The number of methoxy groups -OCH3 is 1. The van der Waals surface area contributed by atoms with Crippen LogP contribution in [0.1, 0.15) is 50.6 Å². The summed E-state index contributed by atoms with van der Waals surface area (Å²) in [6.45, 7) is 3.22. The van der Waals surface area contributed by atoms with E-state index >= 15 is 0 Å². The minimum Gasteiger partial charge on any atom is -0.495 e. The molecule has 1 aliphatic rings. The minimum atomic E-state index is 0.276. The normalized spacial score (nSPS) is 16.8. The third-order valence-electron chi connectivity index (χ3n) is 3.64. The van der Waals surface area contributed by atoms with Crippen LogP contribution in [0.2, 0.25) is 0 Å². The zero-order valence-corrected chi connectivity index (χ0v) is 12.0. The number of hydrogen-bond donors (Lipinski definition) is 1. The number of ether oxygens (including phenoxy) is 1. The zero-order chi connectivity index (χ0) is 13.5. The molecule has 1 unspecified atom stereocenters. The molecule has 0 saturated carbocycles. The van der Waals surface area contributed by atoms with Gasteiger partial charge in [0.05, 0.1) is 19.3 Å². The molecular formula is C16H24N2O. The number of pyridine rings is 1. The molecule has 104 valence electrons. The molecule has 0 amide bonds. The van der Waals surface area contributed by atoms with Crippen LogP contribution in [0.3, 0.4) is 0 Å². The van der Waals surface area contributed by atoms with E-state index in [0.29, 0.717) is 0 Å². The van der Waals surface area contributed by atoms with E-state index in [0.717, 1.165) is 18.7 Å². The van der Waals surface area contributed by atoms with Crippen LogP contribution in [-0.4, -0.2) is 18.6 Å². The Morgan fingerprint density at radius 3 is 3.00 bits per heavy atom. The van der Waals surface area contributed by atoms with Crippen molar-refractivity contribution < 1.29 is 4.74 Å². The summed E-state index contributed by atoms with van der Waals surface area (Å²) >= 11 is 0. The molecule has 1 aromatic rings. The van der Waals surface area contributed by atoms with Crippen molar-refractivity contribution in [3.63, 3.8) is 0 Å². The van der Waals surface area contributed by atoms with E-state index in [1.165, 1.54) is 36.8 Å². The lowest BCUT2D eigenvalue weighted by atomic mass is 9.89. The number of rotatable bonds is 6. The van der Waals surface area contributed by atoms with Gasteiger partial charge in [-0.15, -0.1) is 0 Å². The second-order valence-electron chi connectivity index (χ2n) is 5.03. The Hall–Kier alpha value is -1.35. The van der Waals surface area contributed by atoms with Gasteiger partial charge in [-0.2, -0.15) is 0 Å². The van der Waals surface area contributed by atoms with Crippen LogP contribution in [0.25, 0.3) is 0 Å². The third kappa shape index (κ3) is 3.57. The lowest BCUT2D eigenvalue weighted by Crippen LogP contribution is -2.25. The largest absolute Gasteiger partial charge is 0.495 e. The maximum atomic E-state index is 5.47. The molecule has 0 bridgehead atoms. The van der Waals surface area contributed by atoms with E-state index in [1.54, 1.807) is 13.3 Å². The van der Waals surface area contributed by atoms with E-state index in [4.69, 9.17) is 4.74 Å². The van der Waals surface area contributed by atoms with Gasteiger partial charge in [0.15, 0.2) is 0 Å². The molecule has 1 atom stereocenters. The molecule has 1 aliphatic carbocycles. The van der Waals surface area contributed by atoms with Crippen molar-refractivity contribution in [2.75, 3.05) is 13.7 Å². The highest BCUT2D eigenvalue weighted by molar-refractivity contribution is 5.38. The van der Waals surface area contributed by atoms with Crippen molar-refractivity contribution in [3.05, 3.63) is 35.7 Å². The topological polar surface area (TPSA) is 34.2 Å². The second-order valence-corrected chi connectivity index (χ2v) is 5.03. The standard InChI is InChI=1S/C16H24N2O/c1-3-10-18-16(13-7-5-4-6-8-13)14-9-11-17-12-15(14)19-2/h7,9,11-12,16,18H,3-6,8,10H2,1-2H3. The maximum absolute atomic E-state index is 5.47. The molecular weight excluding hydrogens is 236 g/mol. The summed E-state index contributed by atoms with van der Waals surface area (Å²) in [6.07, 6.45) is 12.2. The third-order valence-corrected chi connectivity index (χ3v) is 3.64. The van der Waals surface area contributed by atoms with Crippen LogP contribution >= 0.6 is 0 Å². The highest BCUT2D eigenvalue weighted by Gasteiger charge is 2.20. The molecule has 0 fully saturated rings. The highest BCUT2D eigenvalue weighted by atomic mass is 16.5. The maximum Gasteiger partial charge on any atom is 0.142 e. The van der Waals surface area contributed by atoms with Crippen molar-refractivity contribution >= 4 is 0 Å². The summed E-state index contributed by atoms with van der Waals surface area (Å²) < 4.78 is 5.47. The molecule has 19 heavy (non-hydrogen) atoms. The first-order chi connectivity index (χ1) is 9.36. The minimum absolute atomic E-state index is 0.276. The monoisotopic (exact) mass is 260 g/mol. The van der Waals surface area contributed by atoms with Crippen LogP contribution in [-0.2, 0) is 0 Å². The van der Waals surface area contributed by atoms with E-state index < -0.39 is 0 Å². The number of aromatic nitrogens is 1. The Bertz CT molecular complexity index is 429. The lowest BCUT2D eigenvalue weighted by Gasteiger charge is -2.26. The second kappa shape index (κ2) is 7.29. The Kier molecular flexibility index (Phi) is 5.40. The van der Waals surface area contributed by atoms with Crippen molar-refractivity contribution in [1.82, 2.24) is 10.3 Å². The number of nitrogens with one attached hydrogen (secondary N) is 1. The summed E-state index contributed by atoms with van der Waals surface area (Å²) in [5, 5.41) is 3.65. The van der Waals surface area contributed by atoms with Gasteiger partial charge < -0.3 is 10.1 Å². The van der Waals surface area contributed by atoms with Crippen LogP contribution < -0.4 is 10.1 Å². The van der Waals surface area contributed by atoms with Crippen LogP contribution in [0.15, 0.2) is 30.1 Å². The summed E-state index contributed by atoms with van der Waals surface area (Å²) in [5.41, 5.74) is 2.71. The Labute approximate surface area is 116 Å². The molecule has 1 aromatic heterocycles. The predicted octanol–water partition coefficient (Wildman–Crippen LogP) is 3.63. The fraction of sp³-hybridized carbons (Fsp3) is 0.562. The van der Waals surface area contributed by atoms with Crippen molar-refractivity contribution in [2.24, 2.45) is 0 Å².